The van der Waals surface area contributed by atoms with Gasteiger partial charge in [-0.05, 0) is 40.0 Å². The summed E-state index contributed by atoms with van der Waals surface area (Å²) in [6.07, 6.45) is 0. The van der Waals surface area contributed by atoms with Crippen molar-refractivity contribution in [2.45, 2.75) is 13.8 Å². The Morgan fingerprint density at radius 3 is 2.63 bits per heavy atom. The third kappa shape index (κ3) is 3.92. The normalized spacial score (nSPS) is 13.4. The van der Waals surface area contributed by atoms with E-state index >= 15 is 0 Å². The van der Waals surface area contributed by atoms with Gasteiger partial charge in [0.25, 0.3) is 0 Å². The molecule has 0 saturated heterocycles. The average molecular weight is 332 g/mol. The highest BCUT2D eigenvalue weighted by molar-refractivity contribution is 9.10. The number of carbonyl (C=O) groups is 1. The van der Waals surface area contributed by atoms with E-state index in [0.29, 0.717) is 5.69 Å². The summed E-state index contributed by atoms with van der Waals surface area (Å²) in [5.41, 5.74) is 5.92. The molecule has 0 bridgehead atoms. The first kappa shape index (κ1) is 15.4. The van der Waals surface area contributed by atoms with Gasteiger partial charge in [0, 0.05) is 5.69 Å². The first-order valence-corrected chi connectivity index (χ1v) is 6.39. The van der Waals surface area contributed by atoms with E-state index in [2.05, 4.69) is 26.4 Å². The minimum atomic E-state index is -0.756. The molecule has 0 aliphatic carbocycles. The fourth-order valence-electron chi connectivity index (χ4n) is 1.63. The van der Waals surface area contributed by atoms with Crippen LogP contribution in [0.15, 0.2) is 27.8 Å². The second kappa shape index (κ2) is 6.51. The zero-order chi connectivity index (χ0) is 14.6. The second-order valence-corrected chi connectivity index (χ2v) is 5.22. The minimum Gasteiger partial charge on any atom is -0.409 e. The van der Waals surface area contributed by atoms with E-state index in [1.165, 1.54) is 18.2 Å². The van der Waals surface area contributed by atoms with E-state index in [1.54, 1.807) is 13.8 Å². The Balaban J connectivity index is 2.90. The van der Waals surface area contributed by atoms with Crippen LogP contribution in [-0.2, 0) is 4.79 Å². The van der Waals surface area contributed by atoms with Gasteiger partial charge in [-0.15, -0.1) is 0 Å². The predicted molar refractivity (Wildman–Crippen MR) is 74.5 cm³/mol. The quantitative estimate of drug-likeness (QED) is 0.343. The number of carbonyl (C=O) groups excluding carboxylic acids is 1. The zero-order valence-corrected chi connectivity index (χ0v) is 12.1. The van der Waals surface area contributed by atoms with Crippen LogP contribution in [0.25, 0.3) is 0 Å². The van der Waals surface area contributed by atoms with E-state index in [0.717, 1.165) is 0 Å². The molecule has 1 atom stereocenters. The van der Waals surface area contributed by atoms with E-state index in [9.17, 15) is 9.18 Å². The number of hydrogen-bond acceptors (Lipinski definition) is 3. The maximum Gasteiger partial charge on any atom is 0.235 e. The van der Waals surface area contributed by atoms with Gasteiger partial charge in [-0.25, -0.2) is 4.39 Å². The van der Waals surface area contributed by atoms with Crippen LogP contribution in [0.3, 0.4) is 0 Å². The van der Waals surface area contributed by atoms with Crippen LogP contribution in [0, 0.1) is 17.7 Å². The van der Waals surface area contributed by atoms with Crippen LogP contribution in [0.5, 0.6) is 0 Å². The third-order valence-corrected chi connectivity index (χ3v) is 3.18. The Morgan fingerprint density at radius 2 is 2.16 bits per heavy atom. The minimum absolute atomic E-state index is 0.139. The van der Waals surface area contributed by atoms with Crippen molar-refractivity contribution in [1.82, 2.24) is 0 Å². The van der Waals surface area contributed by atoms with Gasteiger partial charge < -0.3 is 16.3 Å². The maximum atomic E-state index is 13.1. The molecule has 0 aliphatic rings. The third-order valence-electron chi connectivity index (χ3n) is 2.57. The molecule has 0 aromatic heterocycles. The number of nitrogens with one attached hydrogen (secondary N) is 1. The van der Waals surface area contributed by atoms with Gasteiger partial charge >= 0.3 is 0 Å². The smallest absolute Gasteiger partial charge is 0.235 e. The van der Waals surface area contributed by atoms with Crippen molar-refractivity contribution in [2.75, 3.05) is 5.32 Å². The van der Waals surface area contributed by atoms with Crippen LogP contribution in [0.1, 0.15) is 13.8 Å². The van der Waals surface area contributed by atoms with Gasteiger partial charge in [0.05, 0.1) is 4.47 Å². The predicted octanol–water partition coefficient (Wildman–Crippen LogP) is 2.55. The monoisotopic (exact) mass is 331 g/mol. The van der Waals surface area contributed by atoms with E-state index in [-0.39, 0.29) is 16.2 Å². The second-order valence-electron chi connectivity index (χ2n) is 4.36. The molecule has 0 radical (unpaired) electrons. The molecule has 4 N–H and O–H groups in total. The molecule has 1 rings (SSSR count). The lowest BCUT2D eigenvalue weighted by molar-refractivity contribution is -0.119. The van der Waals surface area contributed by atoms with Crippen molar-refractivity contribution in [1.29, 1.82) is 0 Å². The lowest BCUT2D eigenvalue weighted by atomic mass is 9.94. The summed E-state index contributed by atoms with van der Waals surface area (Å²) in [6, 6.07) is 4.10. The number of hydrogen-bond donors (Lipinski definition) is 3. The number of halogens is 2. The number of benzene rings is 1. The van der Waals surface area contributed by atoms with Crippen molar-refractivity contribution in [3.05, 3.63) is 28.5 Å². The van der Waals surface area contributed by atoms with Crippen molar-refractivity contribution in [2.24, 2.45) is 22.7 Å². The number of nitrogens with two attached hydrogens (primary N) is 1. The number of oxime groups is 1. The Kier molecular flexibility index (Phi) is 5.29. The van der Waals surface area contributed by atoms with Crippen molar-refractivity contribution in [3.63, 3.8) is 0 Å². The van der Waals surface area contributed by atoms with Gasteiger partial charge in [0.2, 0.25) is 5.91 Å². The van der Waals surface area contributed by atoms with Gasteiger partial charge in [0.15, 0.2) is 5.84 Å². The highest BCUT2D eigenvalue weighted by atomic mass is 79.9. The first-order chi connectivity index (χ1) is 8.86. The first-order valence-electron chi connectivity index (χ1n) is 5.60. The number of amides is 1. The van der Waals surface area contributed by atoms with E-state index in [1.807, 2.05) is 0 Å². The average Bonchev–Trinajstić information content (AvgIpc) is 2.33. The molecule has 7 heteroatoms. The molecule has 0 aliphatic heterocycles. The molecule has 104 valence electrons. The van der Waals surface area contributed by atoms with Crippen LogP contribution in [-0.4, -0.2) is 17.0 Å². The Bertz CT molecular complexity index is 506. The van der Waals surface area contributed by atoms with Crippen LogP contribution in [0.2, 0.25) is 0 Å². The SMILES string of the molecule is CC(C)C(C(=O)Nc1ccc(F)c(Br)c1)/C(N)=N/O. The zero-order valence-electron chi connectivity index (χ0n) is 10.5. The number of amidine groups is 1. The van der Waals surface area contributed by atoms with Gasteiger partial charge in [-0.3, -0.25) is 4.79 Å². The molecule has 5 nitrogen and oxygen atoms in total. The van der Waals surface area contributed by atoms with E-state index < -0.39 is 17.6 Å². The molecular formula is C12H15BrFN3O2. The van der Waals surface area contributed by atoms with Crippen LogP contribution >= 0.6 is 15.9 Å². The summed E-state index contributed by atoms with van der Waals surface area (Å²) in [6.45, 7) is 3.56. The Hall–Kier alpha value is -1.63. The molecule has 0 spiro atoms. The number of anilines is 1. The molecular weight excluding hydrogens is 317 g/mol. The lowest BCUT2D eigenvalue weighted by Crippen LogP contribution is -2.38. The summed E-state index contributed by atoms with van der Waals surface area (Å²) >= 11 is 3.03. The highest BCUT2D eigenvalue weighted by Crippen LogP contribution is 2.21. The summed E-state index contributed by atoms with van der Waals surface area (Å²) in [5.74, 6) is -1.89. The van der Waals surface area contributed by atoms with Gasteiger partial charge in [-0.2, -0.15) is 0 Å². The molecule has 1 amide bonds. The summed E-state index contributed by atoms with van der Waals surface area (Å²) in [4.78, 5) is 12.1. The van der Waals surface area contributed by atoms with Gasteiger partial charge in [0.1, 0.15) is 11.7 Å². The van der Waals surface area contributed by atoms with Crippen LogP contribution < -0.4 is 11.1 Å². The molecule has 0 heterocycles. The molecule has 1 unspecified atom stereocenters. The molecule has 1 aromatic rings. The number of rotatable bonds is 4. The highest BCUT2D eigenvalue weighted by Gasteiger charge is 2.26. The van der Waals surface area contributed by atoms with Crippen LogP contribution in [0.4, 0.5) is 10.1 Å². The van der Waals surface area contributed by atoms with Gasteiger partial charge in [-0.1, -0.05) is 19.0 Å². The fraction of sp³-hybridized carbons (Fsp3) is 0.333. The van der Waals surface area contributed by atoms with Crippen molar-refractivity contribution in [3.8, 4) is 0 Å². The molecule has 0 saturated carbocycles. The summed E-state index contributed by atoms with van der Waals surface area (Å²) in [7, 11) is 0. The molecule has 1 aromatic carbocycles. The van der Waals surface area contributed by atoms with Crippen molar-refractivity contribution >= 4 is 33.4 Å². The Morgan fingerprint density at radius 1 is 1.53 bits per heavy atom. The lowest BCUT2D eigenvalue weighted by Gasteiger charge is -2.18. The standard InChI is InChI=1S/C12H15BrFN3O2/c1-6(2)10(11(15)17-19)12(18)16-7-3-4-9(14)8(13)5-7/h3-6,10,19H,1-2H3,(H2,15,17)(H,16,18). The van der Waals surface area contributed by atoms with Crippen molar-refractivity contribution < 1.29 is 14.4 Å². The maximum absolute atomic E-state index is 13.1. The Labute approximate surface area is 118 Å². The topological polar surface area (TPSA) is 87.7 Å². The summed E-state index contributed by atoms with van der Waals surface area (Å²) in [5, 5.41) is 14.1. The van der Waals surface area contributed by atoms with E-state index in [4.69, 9.17) is 10.9 Å². The number of nitrogens with zero attached hydrogens (tertiary/aromatic N) is 1. The molecule has 19 heavy (non-hydrogen) atoms. The summed E-state index contributed by atoms with van der Waals surface area (Å²) < 4.78 is 13.3. The fourth-order valence-corrected chi connectivity index (χ4v) is 2.01. The largest absolute Gasteiger partial charge is 0.409 e. The molecule has 0 fully saturated rings.